The molecule has 3 rings (SSSR count). The fourth-order valence-electron chi connectivity index (χ4n) is 3.60. The minimum Gasteiger partial charge on any atom is -0.322 e. The average Bonchev–Trinajstić information content (AvgIpc) is 3.10. The lowest BCUT2D eigenvalue weighted by Crippen LogP contribution is -2.32. The SMILES string of the molecule is CC1CCCN1CCc1ccc(-c2ccc(C/C(=N/N)NN)cc2)cc1. The Kier molecular flexibility index (Phi) is 6.26. The van der Waals surface area contributed by atoms with Crippen molar-refractivity contribution in [2.75, 3.05) is 13.1 Å². The van der Waals surface area contributed by atoms with Gasteiger partial charge in [-0.15, -0.1) is 0 Å². The summed E-state index contributed by atoms with van der Waals surface area (Å²) in [7, 11) is 0. The monoisotopic (exact) mass is 351 g/mol. The third-order valence-corrected chi connectivity index (χ3v) is 5.31. The summed E-state index contributed by atoms with van der Waals surface area (Å²) in [4.78, 5) is 2.60. The van der Waals surface area contributed by atoms with E-state index in [1.807, 2.05) is 0 Å². The molecule has 5 nitrogen and oxygen atoms in total. The molecule has 0 amide bonds. The summed E-state index contributed by atoms with van der Waals surface area (Å²) in [5, 5.41) is 3.62. The Morgan fingerprint density at radius 3 is 2.19 bits per heavy atom. The number of amidine groups is 1. The zero-order valence-electron chi connectivity index (χ0n) is 15.5. The van der Waals surface area contributed by atoms with Gasteiger partial charge in [-0.25, -0.2) is 5.84 Å². The lowest BCUT2D eigenvalue weighted by Gasteiger charge is -2.20. The molecule has 5 N–H and O–H groups in total. The molecule has 2 aromatic carbocycles. The van der Waals surface area contributed by atoms with Crippen molar-refractivity contribution in [1.82, 2.24) is 10.3 Å². The standard InChI is InChI=1S/C21H29N5/c1-16-3-2-13-26(16)14-12-17-4-8-19(9-5-17)20-10-6-18(7-11-20)15-21(24-22)25-23/h4-11,16H,2-3,12-15,22-23H2,1H3,(H,24,25). The molecule has 1 aliphatic heterocycles. The highest BCUT2D eigenvalue weighted by Gasteiger charge is 2.19. The number of benzene rings is 2. The molecule has 1 saturated heterocycles. The van der Waals surface area contributed by atoms with Gasteiger partial charge < -0.3 is 16.2 Å². The summed E-state index contributed by atoms with van der Waals surface area (Å²) in [6, 6.07) is 18.1. The van der Waals surface area contributed by atoms with Crippen LogP contribution in [-0.4, -0.2) is 29.9 Å². The summed E-state index contributed by atoms with van der Waals surface area (Å²) >= 11 is 0. The van der Waals surface area contributed by atoms with Crippen molar-refractivity contribution in [3.63, 3.8) is 0 Å². The minimum absolute atomic E-state index is 0.564. The van der Waals surface area contributed by atoms with Crippen molar-refractivity contribution in [3.8, 4) is 11.1 Å². The van der Waals surface area contributed by atoms with Crippen LogP contribution in [0.1, 0.15) is 30.9 Å². The Balaban J connectivity index is 1.59. The van der Waals surface area contributed by atoms with Gasteiger partial charge in [-0.2, -0.15) is 5.10 Å². The van der Waals surface area contributed by atoms with Crippen LogP contribution in [0.4, 0.5) is 0 Å². The molecule has 1 heterocycles. The van der Waals surface area contributed by atoms with Crippen LogP contribution < -0.4 is 17.1 Å². The van der Waals surface area contributed by atoms with Crippen LogP contribution in [0.2, 0.25) is 0 Å². The number of likely N-dealkylation sites (tertiary alicyclic amines) is 1. The number of rotatable bonds is 6. The second-order valence-corrected chi connectivity index (χ2v) is 7.07. The van der Waals surface area contributed by atoms with Crippen LogP contribution >= 0.6 is 0 Å². The van der Waals surface area contributed by atoms with E-state index in [4.69, 9.17) is 11.7 Å². The molecule has 0 radical (unpaired) electrons. The molecule has 2 aromatic rings. The molecule has 1 fully saturated rings. The lowest BCUT2D eigenvalue weighted by atomic mass is 10.0. The highest BCUT2D eigenvalue weighted by atomic mass is 15.3. The van der Waals surface area contributed by atoms with Gasteiger partial charge in [0.2, 0.25) is 0 Å². The van der Waals surface area contributed by atoms with E-state index < -0.39 is 0 Å². The van der Waals surface area contributed by atoms with Crippen molar-refractivity contribution in [2.45, 2.75) is 38.6 Å². The second kappa shape index (κ2) is 8.83. The van der Waals surface area contributed by atoms with Crippen LogP contribution in [0.5, 0.6) is 0 Å². The van der Waals surface area contributed by atoms with Gasteiger partial charge in [0.25, 0.3) is 0 Å². The Labute approximate surface area is 156 Å². The van der Waals surface area contributed by atoms with E-state index in [0.717, 1.165) is 24.6 Å². The van der Waals surface area contributed by atoms with E-state index in [1.54, 1.807) is 0 Å². The summed E-state index contributed by atoms with van der Waals surface area (Å²) in [5.74, 6) is 11.2. The van der Waals surface area contributed by atoms with Crippen LogP contribution in [0, 0.1) is 0 Å². The highest BCUT2D eigenvalue weighted by molar-refractivity contribution is 5.83. The first-order valence-corrected chi connectivity index (χ1v) is 9.35. The van der Waals surface area contributed by atoms with E-state index in [2.05, 4.69) is 70.9 Å². The molecular formula is C21H29N5. The Morgan fingerprint density at radius 2 is 1.69 bits per heavy atom. The van der Waals surface area contributed by atoms with Crippen molar-refractivity contribution < 1.29 is 0 Å². The van der Waals surface area contributed by atoms with Gasteiger partial charge in [0.1, 0.15) is 5.84 Å². The van der Waals surface area contributed by atoms with E-state index in [-0.39, 0.29) is 0 Å². The number of hydrazone groups is 1. The molecule has 5 heteroatoms. The Bertz CT molecular complexity index is 721. The van der Waals surface area contributed by atoms with Crippen LogP contribution in [-0.2, 0) is 12.8 Å². The molecule has 0 aromatic heterocycles. The number of nitrogens with one attached hydrogen (secondary N) is 1. The summed E-state index contributed by atoms with van der Waals surface area (Å²) in [5.41, 5.74) is 7.48. The molecule has 1 aliphatic rings. The van der Waals surface area contributed by atoms with Crippen molar-refractivity contribution in [2.24, 2.45) is 16.8 Å². The number of nitrogens with zero attached hydrogens (tertiary/aromatic N) is 2. The van der Waals surface area contributed by atoms with Crippen LogP contribution in [0.15, 0.2) is 53.6 Å². The highest BCUT2D eigenvalue weighted by Crippen LogP contribution is 2.22. The normalized spacial score (nSPS) is 18.2. The van der Waals surface area contributed by atoms with Crippen molar-refractivity contribution >= 4 is 5.84 Å². The number of hydrogen-bond donors (Lipinski definition) is 3. The van der Waals surface area contributed by atoms with E-state index in [1.165, 1.54) is 36.1 Å². The van der Waals surface area contributed by atoms with Gasteiger partial charge >= 0.3 is 0 Å². The van der Waals surface area contributed by atoms with Gasteiger partial charge in [-0.1, -0.05) is 48.5 Å². The zero-order chi connectivity index (χ0) is 18.4. The number of hydrogen-bond acceptors (Lipinski definition) is 4. The third-order valence-electron chi connectivity index (χ3n) is 5.31. The summed E-state index contributed by atoms with van der Waals surface area (Å²) in [6.45, 7) is 4.75. The molecular weight excluding hydrogens is 322 g/mol. The third kappa shape index (κ3) is 4.62. The average molecular weight is 351 g/mol. The van der Waals surface area contributed by atoms with E-state index >= 15 is 0 Å². The summed E-state index contributed by atoms with van der Waals surface area (Å²) in [6.07, 6.45) is 4.41. The molecule has 1 unspecified atom stereocenters. The van der Waals surface area contributed by atoms with Gasteiger partial charge in [-0.05, 0) is 55.0 Å². The molecule has 1 atom stereocenters. The number of hydrazine groups is 1. The smallest absolute Gasteiger partial charge is 0.140 e. The van der Waals surface area contributed by atoms with Crippen molar-refractivity contribution in [1.29, 1.82) is 0 Å². The van der Waals surface area contributed by atoms with Crippen molar-refractivity contribution in [3.05, 3.63) is 59.7 Å². The maximum atomic E-state index is 5.37. The van der Waals surface area contributed by atoms with Gasteiger partial charge in [-0.3, -0.25) is 0 Å². The molecule has 0 spiro atoms. The fourth-order valence-corrected chi connectivity index (χ4v) is 3.60. The number of nitrogens with two attached hydrogens (primary N) is 2. The minimum atomic E-state index is 0.564. The maximum Gasteiger partial charge on any atom is 0.140 e. The molecule has 0 aliphatic carbocycles. The molecule has 0 bridgehead atoms. The Hall–Kier alpha value is -2.37. The summed E-state index contributed by atoms with van der Waals surface area (Å²) < 4.78 is 0. The van der Waals surface area contributed by atoms with Gasteiger partial charge in [0.05, 0.1) is 0 Å². The van der Waals surface area contributed by atoms with E-state index in [0.29, 0.717) is 12.3 Å². The largest absolute Gasteiger partial charge is 0.322 e. The quantitative estimate of drug-likeness (QED) is 0.323. The Morgan fingerprint density at radius 1 is 1.08 bits per heavy atom. The molecule has 138 valence electrons. The molecule has 26 heavy (non-hydrogen) atoms. The first kappa shape index (κ1) is 18.4. The van der Waals surface area contributed by atoms with Crippen LogP contribution in [0.25, 0.3) is 11.1 Å². The first-order chi connectivity index (χ1) is 12.7. The zero-order valence-corrected chi connectivity index (χ0v) is 15.5. The van der Waals surface area contributed by atoms with E-state index in [9.17, 15) is 0 Å². The second-order valence-electron chi connectivity index (χ2n) is 7.07. The molecule has 0 saturated carbocycles. The first-order valence-electron chi connectivity index (χ1n) is 9.35. The fraction of sp³-hybridized carbons (Fsp3) is 0.381. The predicted octanol–water partition coefficient (Wildman–Crippen LogP) is 2.66. The van der Waals surface area contributed by atoms with Gasteiger partial charge in [0, 0.05) is 19.0 Å². The predicted molar refractivity (Wildman–Crippen MR) is 109 cm³/mol. The van der Waals surface area contributed by atoms with Gasteiger partial charge in [0.15, 0.2) is 0 Å². The van der Waals surface area contributed by atoms with Crippen LogP contribution in [0.3, 0.4) is 0 Å². The lowest BCUT2D eigenvalue weighted by molar-refractivity contribution is 0.272. The topological polar surface area (TPSA) is 79.7 Å². The maximum absolute atomic E-state index is 5.37.